The molecule has 0 atom stereocenters. The lowest BCUT2D eigenvalue weighted by molar-refractivity contribution is 0.0998. The van der Waals surface area contributed by atoms with Gasteiger partial charge in [-0.25, -0.2) is 4.79 Å². The third-order valence-electron chi connectivity index (χ3n) is 6.19. The van der Waals surface area contributed by atoms with Crippen LogP contribution in [0.1, 0.15) is 87.2 Å². The van der Waals surface area contributed by atoms with Crippen molar-refractivity contribution in [2.75, 3.05) is 0 Å². The first-order chi connectivity index (χ1) is 14.9. The number of hydrogen-bond donors (Lipinski definition) is 0. The Morgan fingerprint density at radius 1 is 0.968 bits per heavy atom. The fraction of sp³-hybridized carbons (Fsp3) is 0.423. The minimum atomic E-state index is -0.517. The molecule has 3 rings (SSSR count). The van der Waals surface area contributed by atoms with Crippen molar-refractivity contribution in [3.63, 3.8) is 0 Å². The summed E-state index contributed by atoms with van der Waals surface area (Å²) in [6.07, 6.45) is 6.93. The lowest BCUT2D eigenvalue weighted by Gasteiger charge is -2.32. The molecule has 5 heteroatoms. The second kappa shape index (κ2) is 10.5. The first kappa shape index (κ1) is 23.6. The van der Waals surface area contributed by atoms with Crippen LogP contribution in [0.2, 0.25) is 0 Å². The van der Waals surface area contributed by atoms with Gasteiger partial charge in [0.1, 0.15) is 0 Å². The van der Waals surface area contributed by atoms with Crippen molar-refractivity contribution in [1.82, 2.24) is 0 Å². The van der Waals surface area contributed by atoms with Crippen molar-refractivity contribution in [2.45, 2.75) is 71.1 Å². The summed E-state index contributed by atoms with van der Waals surface area (Å²) >= 11 is 1.51. The molecule has 0 fully saturated rings. The maximum Gasteiger partial charge on any atom is 0.393 e. The molecule has 0 saturated heterocycles. The molecule has 0 radical (unpaired) electrons. The zero-order chi connectivity index (χ0) is 22.4. The Bertz CT molecular complexity index is 988. The fourth-order valence-corrected chi connectivity index (χ4v) is 4.83. The molecule has 1 aliphatic carbocycles. The maximum absolute atomic E-state index is 13.0. The molecule has 2 aromatic carbocycles. The van der Waals surface area contributed by atoms with Crippen molar-refractivity contribution in [3.05, 3.63) is 59.2 Å². The minimum Gasteiger partial charge on any atom is -0.308 e. The number of unbranched alkanes of at least 4 members (excludes halogenated alkanes) is 2. The van der Waals surface area contributed by atoms with Crippen LogP contribution in [0, 0.1) is 0 Å². The predicted molar refractivity (Wildman–Crippen MR) is 134 cm³/mol. The lowest BCUT2D eigenvalue weighted by atomic mass is 9.70. The number of Topliss-reactive ketones (excluding diaryl/α,β-unsaturated/α-hetero) is 1. The Hall–Kier alpha value is -2.02. The average Bonchev–Trinajstić information content (AvgIpc) is 3.04. The molecule has 0 saturated carbocycles. The predicted octanol–water partition coefficient (Wildman–Crippen LogP) is 7.85. The number of halogens is 1. The molecule has 31 heavy (non-hydrogen) atoms. The molecule has 4 nitrogen and oxygen atoms in total. The minimum absolute atomic E-state index is 0.00982. The summed E-state index contributed by atoms with van der Waals surface area (Å²) < 4.78 is -0.517. The first-order valence-electron chi connectivity index (χ1n) is 11.1. The van der Waals surface area contributed by atoms with Gasteiger partial charge in [-0.2, -0.15) is 0 Å². The zero-order valence-electron chi connectivity index (χ0n) is 18.5. The van der Waals surface area contributed by atoms with Gasteiger partial charge in [-0.3, -0.25) is 4.79 Å². The van der Waals surface area contributed by atoms with Crippen LogP contribution < -0.4 is 0 Å². The van der Waals surface area contributed by atoms with E-state index in [-0.39, 0.29) is 17.6 Å². The number of fused-ring (bicyclic) bond motifs is 3. The van der Waals surface area contributed by atoms with Crippen LogP contribution in [-0.4, -0.2) is 15.5 Å². The summed E-state index contributed by atoms with van der Waals surface area (Å²) in [7, 11) is 0. The van der Waals surface area contributed by atoms with E-state index < -0.39 is 3.98 Å². The molecule has 0 aromatic heterocycles. The number of oxime groups is 1. The Kier molecular flexibility index (Phi) is 8.03. The summed E-state index contributed by atoms with van der Waals surface area (Å²) in [6.45, 7) is 6.17. The highest BCUT2D eigenvalue weighted by Crippen LogP contribution is 2.54. The van der Waals surface area contributed by atoms with Crippen LogP contribution in [0.15, 0.2) is 47.6 Å². The van der Waals surface area contributed by atoms with E-state index in [1.54, 1.807) is 6.92 Å². The molecule has 0 heterocycles. The number of carbonyl (C=O) groups is 2. The summed E-state index contributed by atoms with van der Waals surface area (Å²) in [5, 5.41) is 3.74. The number of rotatable bonds is 10. The zero-order valence-corrected chi connectivity index (χ0v) is 20.7. The maximum atomic E-state index is 13.0. The molecule has 0 N–H and O–H groups in total. The third kappa shape index (κ3) is 5.08. The number of benzene rings is 2. The van der Waals surface area contributed by atoms with Gasteiger partial charge in [-0.1, -0.05) is 81.1 Å². The first-order valence-corrected chi connectivity index (χ1v) is 12.2. The van der Waals surface area contributed by atoms with Gasteiger partial charge >= 0.3 is 3.98 Å². The standard InChI is InChI=1S/C26H30INO3/c1-4-6-14-26(15-7-5-2)22-11-9-8-10-20(22)21-13-12-19(17-23(21)26)24(29)16-18(3)28-31-25(27)30/h8-13,17H,4-7,14-16H2,1-3H3/b28-18+. The summed E-state index contributed by atoms with van der Waals surface area (Å²) in [6, 6.07) is 14.9. The summed E-state index contributed by atoms with van der Waals surface area (Å²) in [4.78, 5) is 28.6. The molecule has 0 aliphatic heterocycles. The fourth-order valence-electron chi connectivity index (χ4n) is 4.73. The quantitative estimate of drug-likeness (QED) is 0.0784. The molecular weight excluding hydrogens is 501 g/mol. The van der Waals surface area contributed by atoms with Crippen molar-refractivity contribution in [1.29, 1.82) is 0 Å². The van der Waals surface area contributed by atoms with Gasteiger partial charge < -0.3 is 4.84 Å². The second-order valence-electron chi connectivity index (χ2n) is 8.35. The van der Waals surface area contributed by atoms with E-state index in [0.717, 1.165) is 38.5 Å². The smallest absolute Gasteiger partial charge is 0.308 e. The number of ketones is 1. The van der Waals surface area contributed by atoms with E-state index in [0.29, 0.717) is 11.3 Å². The largest absolute Gasteiger partial charge is 0.393 e. The Labute approximate surface area is 198 Å². The van der Waals surface area contributed by atoms with Crippen molar-refractivity contribution in [2.24, 2.45) is 5.16 Å². The van der Waals surface area contributed by atoms with E-state index in [9.17, 15) is 9.59 Å². The van der Waals surface area contributed by atoms with Gasteiger partial charge in [0, 0.05) is 11.0 Å². The van der Waals surface area contributed by atoms with Crippen molar-refractivity contribution >= 4 is 38.1 Å². The topological polar surface area (TPSA) is 55.7 Å². The SMILES string of the molecule is CCCCC1(CCCC)c2ccccc2-c2ccc(C(=O)C/C(C)=N/OC(=O)I)cc21. The monoisotopic (exact) mass is 531 g/mol. The van der Waals surface area contributed by atoms with Crippen molar-refractivity contribution < 1.29 is 14.4 Å². The number of carbonyl (C=O) groups excluding carboxylic acids is 2. The highest BCUT2D eigenvalue weighted by Gasteiger charge is 2.42. The van der Waals surface area contributed by atoms with E-state index in [1.807, 2.05) is 6.07 Å². The van der Waals surface area contributed by atoms with Crippen LogP contribution in [-0.2, 0) is 10.3 Å². The number of nitrogens with zero attached hydrogens (tertiary/aromatic N) is 1. The van der Waals surface area contributed by atoms with Crippen LogP contribution in [0.25, 0.3) is 11.1 Å². The Balaban J connectivity index is 2.02. The van der Waals surface area contributed by atoms with Crippen molar-refractivity contribution in [3.8, 4) is 11.1 Å². The average molecular weight is 531 g/mol. The Morgan fingerprint density at radius 3 is 2.26 bits per heavy atom. The van der Waals surface area contributed by atoms with E-state index in [2.05, 4.69) is 60.2 Å². The Morgan fingerprint density at radius 2 is 1.61 bits per heavy atom. The van der Waals surface area contributed by atoms with E-state index in [4.69, 9.17) is 0 Å². The van der Waals surface area contributed by atoms with Crippen LogP contribution in [0.3, 0.4) is 0 Å². The van der Waals surface area contributed by atoms with Gasteiger partial charge in [0.25, 0.3) is 0 Å². The summed E-state index contributed by atoms with van der Waals surface area (Å²) in [5.74, 6) is -0.00982. The molecule has 0 spiro atoms. The molecule has 0 unspecified atom stereocenters. The van der Waals surface area contributed by atoms with E-state index >= 15 is 0 Å². The van der Waals surface area contributed by atoms with Gasteiger partial charge in [-0.15, -0.1) is 0 Å². The highest BCUT2D eigenvalue weighted by molar-refractivity contribution is 14.1. The molecular formula is C26H30INO3. The molecule has 1 aliphatic rings. The third-order valence-corrected chi connectivity index (χ3v) is 6.39. The lowest BCUT2D eigenvalue weighted by Crippen LogP contribution is -2.25. The summed E-state index contributed by atoms with van der Waals surface area (Å²) in [5.41, 5.74) is 6.40. The van der Waals surface area contributed by atoms with E-state index in [1.165, 1.54) is 44.8 Å². The van der Waals surface area contributed by atoms with Gasteiger partial charge in [0.2, 0.25) is 0 Å². The van der Waals surface area contributed by atoms with Gasteiger partial charge in [0.05, 0.1) is 34.7 Å². The van der Waals surface area contributed by atoms with Gasteiger partial charge in [0.15, 0.2) is 5.78 Å². The second-order valence-corrected chi connectivity index (χ2v) is 9.23. The molecule has 0 amide bonds. The normalized spacial score (nSPS) is 14.1. The van der Waals surface area contributed by atoms with Crippen LogP contribution >= 0.6 is 22.6 Å². The molecule has 2 aromatic rings. The van der Waals surface area contributed by atoms with Gasteiger partial charge in [-0.05, 0) is 48.1 Å². The van der Waals surface area contributed by atoms with Crippen LogP contribution in [0.4, 0.5) is 4.79 Å². The molecule has 0 bridgehead atoms. The van der Waals surface area contributed by atoms with Crippen LogP contribution in [0.5, 0.6) is 0 Å². The number of hydrogen-bond acceptors (Lipinski definition) is 4. The molecule has 164 valence electrons. The highest BCUT2D eigenvalue weighted by atomic mass is 127.